The quantitative estimate of drug-likeness (QED) is 0.612. The summed E-state index contributed by atoms with van der Waals surface area (Å²) in [5.74, 6) is 0. The van der Waals surface area contributed by atoms with E-state index in [1.807, 2.05) is 20.8 Å². The fraction of sp³-hybridized carbons (Fsp3) is 0.875. The third-order valence-corrected chi connectivity index (χ3v) is 1.11. The number of nitrogens with one attached hydrogen (secondary N) is 1. The highest BCUT2D eigenvalue weighted by Crippen LogP contribution is 2.02. The Kier molecular flexibility index (Phi) is 8.16. The highest BCUT2D eigenvalue weighted by molar-refractivity contribution is 5.37. The second-order valence-electron chi connectivity index (χ2n) is 3.43. The molecule has 0 atom stereocenters. The molecule has 0 saturated carbocycles. The number of rotatable bonds is 1. The zero-order chi connectivity index (χ0) is 8.74. The maximum absolute atomic E-state index is 9.60. The fourth-order valence-corrected chi connectivity index (χ4v) is 0.321. The van der Waals surface area contributed by atoms with Crippen LogP contribution in [0.4, 0.5) is 4.70 Å². The summed E-state index contributed by atoms with van der Waals surface area (Å²) >= 11 is 0. The van der Waals surface area contributed by atoms with Gasteiger partial charge < -0.3 is 10.1 Å². The molecule has 0 radical (unpaired) electrons. The van der Waals surface area contributed by atoms with E-state index in [0.29, 0.717) is 6.47 Å². The lowest BCUT2D eigenvalue weighted by atomic mass is 10.2. The predicted octanol–water partition coefficient (Wildman–Crippen LogP) is 1.09. The minimum atomic E-state index is -0.318. The van der Waals surface area contributed by atoms with Gasteiger partial charge in [0.25, 0.3) is 6.47 Å². The molecule has 1 heterocycles. The molecule has 1 aliphatic heterocycles. The van der Waals surface area contributed by atoms with Crippen LogP contribution in [0.1, 0.15) is 27.2 Å². The first-order valence-corrected chi connectivity index (χ1v) is 3.88. The molecule has 0 bridgehead atoms. The molecule has 0 aromatic rings. The average molecular weight is 179 g/mol. The predicted molar refractivity (Wildman–Crippen MR) is 46.9 cm³/mol. The first kappa shape index (κ1) is 13.9. The molecule has 3 nitrogen and oxygen atoms in total. The summed E-state index contributed by atoms with van der Waals surface area (Å²) in [4.78, 5) is 9.60. The molecular weight excluding hydrogens is 161 g/mol. The number of halogens is 1. The van der Waals surface area contributed by atoms with E-state index in [1.165, 1.54) is 19.5 Å². The smallest absolute Gasteiger partial charge is 0.293 e. The van der Waals surface area contributed by atoms with E-state index < -0.39 is 0 Å². The van der Waals surface area contributed by atoms with Gasteiger partial charge >= 0.3 is 0 Å². The molecule has 74 valence electrons. The van der Waals surface area contributed by atoms with Crippen LogP contribution in [0.2, 0.25) is 0 Å². The monoisotopic (exact) mass is 179 g/mol. The van der Waals surface area contributed by atoms with Crippen molar-refractivity contribution in [2.45, 2.75) is 32.8 Å². The van der Waals surface area contributed by atoms with Crippen LogP contribution < -0.4 is 5.32 Å². The van der Waals surface area contributed by atoms with Crippen LogP contribution in [0.3, 0.4) is 0 Å². The molecular formula is C8H18FNO2. The Morgan fingerprint density at radius 3 is 1.67 bits per heavy atom. The van der Waals surface area contributed by atoms with E-state index in [-0.39, 0.29) is 10.3 Å². The van der Waals surface area contributed by atoms with Gasteiger partial charge in [0, 0.05) is 0 Å². The molecule has 0 aromatic heterocycles. The van der Waals surface area contributed by atoms with Crippen molar-refractivity contribution in [3.05, 3.63) is 0 Å². The Bertz CT molecular complexity index is 104. The van der Waals surface area contributed by atoms with Crippen molar-refractivity contribution in [3.8, 4) is 0 Å². The van der Waals surface area contributed by atoms with Gasteiger partial charge in [0.2, 0.25) is 0 Å². The Balaban J connectivity index is 0. The third-order valence-electron chi connectivity index (χ3n) is 1.11. The first-order valence-electron chi connectivity index (χ1n) is 3.88. The Hall–Kier alpha value is -0.640. The minimum absolute atomic E-state index is 0. The van der Waals surface area contributed by atoms with Crippen molar-refractivity contribution >= 4 is 6.47 Å². The number of ether oxygens (including phenoxy) is 1. The lowest BCUT2D eigenvalue weighted by molar-refractivity contribution is -0.138. The highest BCUT2D eigenvalue weighted by atomic mass is 19.0. The Morgan fingerprint density at radius 1 is 1.33 bits per heavy atom. The molecule has 4 heteroatoms. The molecule has 1 fully saturated rings. The van der Waals surface area contributed by atoms with Gasteiger partial charge in [0.1, 0.15) is 5.60 Å². The minimum Gasteiger partial charge on any atom is -0.462 e. The van der Waals surface area contributed by atoms with E-state index in [4.69, 9.17) is 0 Å². The molecule has 0 aromatic carbocycles. The lowest BCUT2D eigenvalue weighted by Gasteiger charge is -2.14. The summed E-state index contributed by atoms with van der Waals surface area (Å²) in [6, 6.07) is 0. The largest absolute Gasteiger partial charge is 0.462 e. The van der Waals surface area contributed by atoms with Crippen LogP contribution in [0.15, 0.2) is 0 Å². The normalized spacial score (nSPS) is 14.2. The lowest BCUT2D eigenvalue weighted by Crippen LogP contribution is -2.29. The summed E-state index contributed by atoms with van der Waals surface area (Å²) in [5.41, 5.74) is -0.318. The van der Waals surface area contributed by atoms with Gasteiger partial charge in [-0.2, -0.15) is 0 Å². The fourth-order valence-electron chi connectivity index (χ4n) is 0.321. The molecule has 12 heavy (non-hydrogen) atoms. The van der Waals surface area contributed by atoms with Gasteiger partial charge in [-0.25, -0.2) is 0 Å². The van der Waals surface area contributed by atoms with Crippen molar-refractivity contribution < 1.29 is 14.2 Å². The standard InChI is InChI=1S/C5H10O2.C3H7N.FH/c1-5(2,3)7-4-6;1-2-4-3-1;/h4H,1-3H3;4H,1-3H2;1H. The van der Waals surface area contributed by atoms with Crippen molar-refractivity contribution in [2.24, 2.45) is 0 Å². The topological polar surface area (TPSA) is 38.3 Å². The van der Waals surface area contributed by atoms with Crippen LogP contribution in [-0.4, -0.2) is 25.2 Å². The van der Waals surface area contributed by atoms with Crippen LogP contribution in [0.5, 0.6) is 0 Å². The molecule has 1 rings (SSSR count). The first-order chi connectivity index (χ1) is 5.06. The van der Waals surface area contributed by atoms with Gasteiger partial charge in [-0.3, -0.25) is 9.50 Å². The van der Waals surface area contributed by atoms with Gasteiger partial charge in [-0.1, -0.05) is 0 Å². The molecule has 1 saturated heterocycles. The molecule has 0 spiro atoms. The maximum atomic E-state index is 9.60. The van der Waals surface area contributed by atoms with E-state index >= 15 is 0 Å². The summed E-state index contributed by atoms with van der Waals surface area (Å²) in [5, 5.41) is 3.11. The van der Waals surface area contributed by atoms with Gasteiger partial charge in [-0.05, 0) is 40.3 Å². The summed E-state index contributed by atoms with van der Waals surface area (Å²) in [6.45, 7) is 8.42. The molecule has 0 unspecified atom stereocenters. The van der Waals surface area contributed by atoms with E-state index in [9.17, 15) is 4.79 Å². The number of hydrogen-bond donors (Lipinski definition) is 1. The maximum Gasteiger partial charge on any atom is 0.293 e. The van der Waals surface area contributed by atoms with Gasteiger partial charge in [-0.15, -0.1) is 0 Å². The van der Waals surface area contributed by atoms with Crippen LogP contribution in [0.25, 0.3) is 0 Å². The Morgan fingerprint density at radius 2 is 1.67 bits per heavy atom. The van der Waals surface area contributed by atoms with E-state index in [2.05, 4.69) is 10.1 Å². The van der Waals surface area contributed by atoms with Crippen molar-refractivity contribution in [1.82, 2.24) is 5.32 Å². The van der Waals surface area contributed by atoms with Gasteiger partial charge in [0.15, 0.2) is 0 Å². The zero-order valence-corrected chi connectivity index (χ0v) is 7.92. The Labute approximate surface area is 72.8 Å². The molecule has 0 amide bonds. The third kappa shape index (κ3) is 12.1. The second-order valence-corrected chi connectivity index (χ2v) is 3.43. The van der Waals surface area contributed by atoms with Crippen LogP contribution in [0, 0.1) is 0 Å². The van der Waals surface area contributed by atoms with Crippen molar-refractivity contribution in [1.29, 1.82) is 0 Å². The number of hydrogen-bond acceptors (Lipinski definition) is 3. The summed E-state index contributed by atoms with van der Waals surface area (Å²) in [6.07, 6.45) is 1.39. The average Bonchev–Trinajstić information content (AvgIpc) is 1.54. The summed E-state index contributed by atoms with van der Waals surface area (Å²) in [7, 11) is 0. The number of carbonyl (C=O) groups is 1. The van der Waals surface area contributed by atoms with Gasteiger partial charge in [0.05, 0.1) is 0 Å². The molecule has 0 aliphatic carbocycles. The van der Waals surface area contributed by atoms with Crippen LogP contribution >= 0.6 is 0 Å². The SMILES string of the molecule is C1CNC1.CC(C)(C)OC=O.F. The van der Waals surface area contributed by atoms with E-state index in [0.717, 1.165) is 0 Å². The zero-order valence-electron chi connectivity index (χ0n) is 7.92. The second kappa shape index (κ2) is 7.03. The number of carbonyl (C=O) groups excluding carboxylic acids is 1. The van der Waals surface area contributed by atoms with Crippen molar-refractivity contribution in [3.63, 3.8) is 0 Å². The molecule has 1 N–H and O–H groups in total. The van der Waals surface area contributed by atoms with Crippen molar-refractivity contribution in [2.75, 3.05) is 13.1 Å². The molecule has 1 aliphatic rings. The highest BCUT2D eigenvalue weighted by Gasteiger charge is 2.07. The van der Waals surface area contributed by atoms with Crippen LogP contribution in [-0.2, 0) is 9.53 Å². The van der Waals surface area contributed by atoms with E-state index in [1.54, 1.807) is 0 Å². The summed E-state index contributed by atoms with van der Waals surface area (Å²) < 4.78 is 4.55.